The zero-order valence-corrected chi connectivity index (χ0v) is 11.7. The van der Waals surface area contributed by atoms with Gasteiger partial charge in [-0.1, -0.05) is 6.92 Å². The molecule has 102 valence electrons. The number of rotatable bonds is 8. The summed E-state index contributed by atoms with van der Waals surface area (Å²) >= 11 is 0. The van der Waals surface area contributed by atoms with E-state index >= 15 is 0 Å². The number of ether oxygens (including phenoxy) is 1. The zero-order valence-electron chi connectivity index (χ0n) is 10.9. The summed E-state index contributed by atoms with van der Waals surface area (Å²) in [5.41, 5.74) is 4.79. The molecule has 0 aliphatic heterocycles. The molecule has 0 aromatic rings. The molecule has 1 unspecified atom stereocenters. The number of carbonyl (C=O) groups excluding carboxylic acids is 1. The van der Waals surface area contributed by atoms with Crippen LogP contribution in [0.25, 0.3) is 0 Å². The summed E-state index contributed by atoms with van der Waals surface area (Å²) in [6.45, 7) is 5.53. The van der Waals surface area contributed by atoms with Gasteiger partial charge in [0, 0.05) is 12.3 Å². The van der Waals surface area contributed by atoms with Crippen molar-refractivity contribution in [1.29, 1.82) is 0 Å². The zero-order chi connectivity index (χ0) is 13.5. The quantitative estimate of drug-likeness (QED) is 0.654. The Balaban J connectivity index is 4.36. The molecule has 0 saturated carbocycles. The van der Waals surface area contributed by atoms with Crippen molar-refractivity contribution in [3.8, 4) is 0 Å². The topological polar surface area (TPSA) is 86.5 Å². The molecule has 6 heteroatoms. The maximum absolute atomic E-state index is 11.7. The minimum atomic E-state index is -2.98. The minimum absolute atomic E-state index is 0.0957. The lowest BCUT2D eigenvalue weighted by atomic mass is 9.86. The number of hydrogen-bond donors (Lipinski definition) is 1. The number of carbonyl (C=O) groups is 1. The summed E-state index contributed by atoms with van der Waals surface area (Å²) < 4.78 is 27.6. The molecule has 17 heavy (non-hydrogen) atoms. The van der Waals surface area contributed by atoms with E-state index in [9.17, 15) is 13.2 Å². The molecule has 0 fully saturated rings. The van der Waals surface area contributed by atoms with Gasteiger partial charge in [0.05, 0.1) is 17.8 Å². The Hall–Kier alpha value is -0.620. The fourth-order valence-electron chi connectivity index (χ4n) is 1.42. The highest BCUT2D eigenvalue weighted by molar-refractivity contribution is 7.91. The van der Waals surface area contributed by atoms with Gasteiger partial charge in [0.2, 0.25) is 0 Å². The monoisotopic (exact) mass is 265 g/mol. The van der Waals surface area contributed by atoms with E-state index in [2.05, 4.69) is 0 Å². The molecule has 0 heterocycles. The number of esters is 1. The first kappa shape index (κ1) is 16.4. The van der Waals surface area contributed by atoms with E-state index in [4.69, 9.17) is 10.5 Å². The third kappa shape index (κ3) is 5.50. The summed E-state index contributed by atoms with van der Waals surface area (Å²) in [6, 6.07) is 0. The highest BCUT2D eigenvalue weighted by atomic mass is 32.2. The molecular weight excluding hydrogens is 242 g/mol. The van der Waals surface area contributed by atoms with Crippen molar-refractivity contribution in [2.45, 2.75) is 33.6 Å². The molecule has 0 radical (unpaired) electrons. The standard InChI is InChI=1S/C11H23NO4S/c1-4-16-10(13)11(3,9-12)7-6-8-17(14,15)5-2/h4-9,12H2,1-3H3. The van der Waals surface area contributed by atoms with E-state index in [-0.39, 0.29) is 24.0 Å². The van der Waals surface area contributed by atoms with Gasteiger partial charge in [-0.15, -0.1) is 0 Å². The molecular formula is C11H23NO4S. The van der Waals surface area contributed by atoms with E-state index in [1.165, 1.54) is 0 Å². The van der Waals surface area contributed by atoms with Gasteiger partial charge in [-0.2, -0.15) is 0 Å². The minimum Gasteiger partial charge on any atom is -0.466 e. The fourth-order valence-corrected chi connectivity index (χ4v) is 2.29. The van der Waals surface area contributed by atoms with Crippen LogP contribution in [-0.4, -0.2) is 39.0 Å². The Kier molecular flexibility index (Phi) is 6.70. The molecule has 0 saturated heterocycles. The summed E-state index contributed by atoms with van der Waals surface area (Å²) in [4.78, 5) is 11.7. The van der Waals surface area contributed by atoms with Gasteiger partial charge in [0.15, 0.2) is 0 Å². The lowest BCUT2D eigenvalue weighted by molar-refractivity contribution is -0.154. The van der Waals surface area contributed by atoms with E-state index in [1.807, 2.05) is 0 Å². The second-order valence-corrected chi connectivity index (χ2v) is 6.80. The van der Waals surface area contributed by atoms with Crippen LogP contribution >= 0.6 is 0 Å². The number of hydrogen-bond acceptors (Lipinski definition) is 5. The van der Waals surface area contributed by atoms with Gasteiger partial charge in [0.25, 0.3) is 0 Å². The molecule has 1 atom stereocenters. The van der Waals surface area contributed by atoms with Gasteiger partial charge in [-0.25, -0.2) is 8.42 Å². The third-order valence-corrected chi connectivity index (χ3v) is 4.63. The molecule has 0 aliphatic rings. The molecule has 0 aromatic heterocycles. The van der Waals surface area contributed by atoms with Crippen LogP contribution in [0, 0.1) is 5.41 Å². The lowest BCUT2D eigenvalue weighted by Gasteiger charge is -2.25. The summed E-state index contributed by atoms with van der Waals surface area (Å²) in [7, 11) is -2.98. The van der Waals surface area contributed by atoms with Crippen molar-refractivity contribution in [3.63, 3.8) is 0 Å². The van der Waals surface area contributed by atoms with Crippen LogP contribution < -0.4 is 5.73 Å². The Morgan fingerprint density at radius 2 is 1.94 bits per heavy atom. The first-order valence-corrected chi connectivity index (χ1v) is 7.71. The van der Waals surface area contributed by atoms with Crippen molar-refractivity contribution >= 4 is 15.8 Å². The van der Waals surface area contributed by atoms with Crippen molar-refractivity contribution in [2.24, 2.45) is 11.1 Å². The fraction of sp³-hybridized carbons (Fsp3) is 0.909. The van der Waals surface area contributed by atoms with Crippen LogP contribution in [0.5, 0.6) is 0 Å². The lowest BCUT2D eigenvalue weighted by Crippen LogP contribution is -2.37. The molecule has 0 rings (SSSR count). The summed E-state index contributed by atoms with van der Waals surface area (Å²) in [6.07, 6.45) is 0.865. The molecule has 0 aromatic carbocycles. The normalized spacial score (nSPS) is 15.3. The third-order valence-electron chi connectivity index (χ3n) is 2.84. The highest BCUT2D eigenvalue weighted by Gasteiger charge is 2.33. The Morgan fingerprint density at radius 3 is 2.35 bits per heavy atom. The SMILES string of the molecule is CCOC(=O)C(C)(CN)CCCS(=O)(=O)CC. The molecule has 2 N–H and O–H groups in total. The summed E-state index contributed by atoms with van der Waals surface area (Å²) in [5.74, 6) is -0.124. The second kappa shape index (κ2) is 6.96. The van der Waals surface area contributed by atoms with Gasteiger partial charge in [0.1, 0.15) is 9.84 Å². The van der Waals surface area contributed by atoms with E-state index in [0.29, 0.717) is 19.4 Å². The molecule has 0 bridgehead atoms. The Labute approximate surface area is 104 Å². The molecule has 0 spiro atoms. The van der Waals surface area contributed by atoms with Crippen LogP contribution in [0.3, 0.4) is 0 Å². The van der Waals surface area contributed by atoms with Crippen molar-refractivity contribution in [2.75, 3.05) is 24.7 Å². The van der Waals surface area contributed by atoms with Crippen LogP contribution in [0.1, 0.15) is 33.6 Å². The van der Waals surface area contributed by atoms with Gasteiger partial charge >= 0.3 is 5.97 Å². The smallest absolute Gasteiger partial charge is 0.313 e. The first-order chi connectivity index (χ1) is 7.81. The number of sulfone groups is 1. The predicted molar refractivity (Wildman–Crippen MR) is 67.4 cm³/mol. The van der Waals surface area contributed by atoms with Crippen LogP contribution in [0.15, 0.2) is 0 Å². The van der Waals surface area contributed by atoms with Gasteiger partial charge in [-0.05, 0) is 26.7 Å². The van der Waals surface area contributed by atoms with Gasteiger partial charge < -0.3 is 10.5 Å². The molecule has 5 nitrogen and oxygen atoms in total. The van der Waals surface area contributed by atoms with Crippen LogP contribution in [0.2, 0.25) is 0 Å². The van der Waals surface area contributed by atoms with Gasteiger partial charge in [-0.3, -0.25) is 4.79 Å². The van der Waals surface area contributed by atoms with Crippen molar-refractivity contribution < 1.29 is 17.9 Å². The predicted octanol–water partition coefficient (Wildman–Crippen LogP) is 0.729. The van der Waals surface area contributed by atoms with E-state index in [0.717, 1.165) is 0 Å². The molecule has 0 aliphatic carbocycles. The average Bonchev–Trinajstić information content (AvgIpc) is 2.29. The second-order valence-electron chi connectivity index (χ2n) is 4.33. The number of nitrogens with two attached hydrogens (primary N) is 1. The van der Waals surface area contributed by atoms with E-state index < -0.39 is 15.3 Å². The largest absolute Gasteiger partial charge is 0.466 e. The Bertz CT molecular complexity index is 339. The Morgan fingerprint density at radius 1 is 1.35 bits per heavy atom. The first-order valence-electron chi connectivity index (χ1n) is 5.89. The maximum Gasteiger partial charge on any atom is 0.313 e. The molecule has 0 amide bonds. The van der Waals surface area contributed by atoms with Crippen LogP contribution in [0.4, 0.5) is 0 Å². The van der Waals surface area contributed by atoms with E-state index in [1.54, 1.807) is 20.8 Å². The van der Waals surface area contributed by atoms with Crippen molar-refractivity contribution in [1.82, 2.24) is 0 Å². The van der Waals surface area contributed by atoms with Crippen molar-refractivity contribution in [3.05, 3.63) is 0 Å². The summed E-state index contributed by atoms with van der Waals surface area (Å²) in [5, 5.41) is 0. The average molecular weight is 265 g/mol. The maximum atomic E-state index is 11.7. The van der Waals surface area contributed by atoms with Crippen LogP contribution in [-0.2, 0) is 19.4 Å². The highest BCUT2D eigenvalue weighted by Crippen LogP contribution is 2.24.